The van der Waals surface area contributed by atoms with Crippen molar-refractivity contribution in [3.63, 3.8) is 0 Å². The Labute approximate surface area is 83.6 Å². The average molecular weight is 219 g/mol. The van der Waals surface area contributed by atoms with Crippen molar-refractivity contribution in [2.45, 2.75) is 13.3 Å². The lowest BCUT2D eigenvalue weighted by molar-refractivity contribution is -0.274. The molecule has 0 aliphatic carbocycles. The second-order valence-electron chi connectivity index (χ2n) is 2.86. The lowest BCUT2D eigenvalue weighted by Crippen LogP contribution is -2.18. The van der Waals surface area contributed by atoms with Gasteiger partial charge in [-0.1, -0.05) is 0 Å². The summed E-state index contributed by atoms with van der Waals surface area (Å²) in [5.41, 5.74) is 5.30. The molecule has 6 heteroatoms. The minimum atomic E-state index is -4.79. The van der Waals surface area contributed by atoms with E-state index in [0.29, 0.717) is 0 Å². The van der Waals surface area contributed by atoms with Crippen LogP contribution in [0.5, 0.6) is 5.75 Å². The highest BCUT2D eigenvalue weighted by Crippen LogP contribution is 2.28. The van der Waals surface area contributed by atoms with Crippen LogP contribution in [0, 0.1) is 0 Å². The van der Waals surface area contributed by atoms with Crippen LogP contribution in [-0.4, -0.2) is 12.1 Å². The number of ketones is 1. The fraction of sp³-hybridized carbons (Fsp3) is 0.222. The molecule has 3 nitrogen and oxygen atoms in total. The van der Waals surface area contributed by atoms with Crippen LogP contribution in [0.3, 0.4) is 0 Å². The summed E-state index contributed by atoms with van der Waals surface area (Å²) in [6, 6.07) is 3.38. The van der Waals surface area contributed by atoms with Crippen LogP contribution in [0.25, 0.3) is 0 Å². The van der Waals surface area contributed by atoms with Gasteiger partial charge in [0.05, 0.1) is 5.69 Å². The van der Waals surface area contributed by atoms with Gasteiger partial charge in [-0.25, -0.2) is 0 Å². The molecule has 82 valence electrons. The Morgan fingerprint density at radius 3 is 2.40 bits per heavy atom. The van der Waals surface area contributed by atoms with Crippen LogP contribution in [-0.2, 0) is 0 Å². The van der Waals surface area contributed by atoms with Gasteiger partial charge in [0.15, 0.2) is 11.5 Å². The van der Waals surface area contributed by atoms with Gasteiger partial charge in [-0.05, 0) is 25.1 Å². The number of carbonyl (C=O) groups is 1. The zero-order valence-corrected chi connectivity index (χ0v) is 7.76. The number of alkyl halides is 3. The highest BCUT2D eigenvalue weighted by molar-refractivity contribution is 5.95. The second-order valence-corrected chi connectivity index (χ2v) is 2.86. The number of Topliss-reactive ketones (excluding diaryl/α,β-unsaturated/α-hetero) is 1. The maximum absolute atomic E-state index is 11.8. The SMILES string of the molecule is CC(=O)c1ccc(OC(F)(F)F)c(N)c1. The number of hydrogen-bond donors (Lipinski definition) is 1. The summed E-state index contributed by atoms with van der Waals surface area (Å²) in [4.78, 5) is 10.9. The molecule has 0 amide bonds. The maximum atomic E-state index is 11.8. The predicted molar refractivity (Wildman–Crippen MR) is 47.5 cm³/mol. The quantitative estimate of drug-likeness (QED) is 0.613. The van der Waals surface area contributed by atoms with Crippen molar-refractivity contribution in [2.24, 2.45) is 0 Å². The zero-order valence-electron chi connectivity index (χ0n) is 7.76. The molecule has 1 aromatic rings. The molecule has 0 aliphatic rings. The molecule has 2 N–H and O–H groups in total. The average Bonchev–Trinajstić information content (AvgIpc) is 2.05. The van der Waals surface area contributed by atoms with Crippen LogP contribution in [0.1, 0.15) is 17.3 Å². The number of nitrogen functional groups attached to an aromatic ring is 1. The number of hydrogen-bond acceptors (Lipinski definition) is 3. The highest BCUT2D eigenvalue weighted by Gasteiger charge is 2.31. The molecule has 0 radical (unpaired) electrons. The molecule has 0 saturated carbocycles. The Hall–Kier alpha value is -1.72. The molecule has 0 aromatic heterocycles. The molecule has 0 fully saturated rings. The molecule has 0 bridgehead atoms. The van der Waals surface area contributed by atoms with Gasteiger partial charge in [-0.3, -0.25) is 4.79 Å². The molecule has 1 aromatic carbocycles. The first kappa shape index (κ1) is 11.4. The Morgan fingerprint density at radius 2 is 2.00 bits per heavy atom. The van der Waals surface area contributed by atoms with E-state index in [1.165, 1.54) is 13.0 Å². The molecule has 0 unspecified atom stereocenters. The van der Waals surface area contributed by atoms with Gasteiger partial charge in [0.2, 0.25) is 0 Å². The summed E-state index contributed by atoms with van der Waals surface area (Å²) in [5.74, 6) is -0.784. The van der Waals surface area contributed by atoms with Crippen LogP contribution in [0.15, 0.2) is 18.2 Å². The molecule has 0 spiro atoms. The highest BCUT2D eigenvalue weighted by atomic mass is 19.4. The molecule has 0 aliphatic heterocycles. The van der Waals surface area contributed by atoms with Gasteiger partial charge in [-0.15, -0.1) is 13.2 Å². The number of rotatable bonds is 2. The van der Waals surface area contributed by atoms with E-state index in [2.05, 4.69) is 4.74 Å². The number of nitrogens with two attached hydrogens (primary N) is 1. The molecular weight excluding hydrogens is 211 g/mol. The molecule has 15 heavy (non-hydrogen) atoms. The fourth-order valence-electron chi connectivity index (χ4n) is 0.985. The molecule has 0 saturated heterocycles. The Balaban J connectivity index is 2.99. The summed E-state index contributed by atoms with van der Waals surface area (Å²) in [5, 5.41) is 0. The van der Waals surface area contributed by atoms with Crippen molar-refractivity contribution in [3.05, 3.63) is 23.8 Å². The van der Waals surface area contributed by atoms with Crippen LogP contribution >= 0.6 is 0 Å². The molecular formula is C9H8F3NO2. The molecule has 0 heterocycles. The Bertz CT molecular complexity index is 387. The number of carbonyl (C=O) groups excluding carboxylic acids is 1. The topological polar surface area (TPSA) is 52.3 Å². The van der Waals surface area contributed by atoms with E-state index in [0.717, 1.165) is 12.1 Å². The second kappa shape index (κ2) is 3.80. The van der Waals surface area contributed by atoms with Crippen molar-refractivity contribution in [1.29, 1.82) is 0 Å². The van der Waals surface area contributed by atoms with Gasteiger partial charge in [0.25, 0.3) is 0 Å². The van der Waals surface area contributed by atoms with Crippen molar-refractivity contribution in [2.75, 3.05) is 5.73 Å². The van der Waals surface area contributed by atoms with Crippen LogP contribution in [0.2, 0.25) is 0 Å². The third-order valence-corrected chi connectivity index (χ3v) is 1.64. The van der Waals surface area contributed by atoms with Crippen molar-refractivity contribution >= 4 is 11.5 Å². The minimum absolute atomic E-state index is 0.222. The number of benzene rings is 1. The summed E-state index contributed by atoms with van der Waals surface area (Å²) in [7, 11) is 0. The smallest absolute Gasteiger partial charge is 0.404 e. The van der Waals surface area contributed by atoms with E-state index in [-0.39, 0.29) is 17.0 Å². The monoisotopic (exact) mass is 219 g/mol. The number of ether oxygens (including phenoxy) is 1. The number of anilines is 1. The van der Waals surface area contributed by atoms with E-state index in [1.807, 2.05) is 0 Å². The van der Waals surface area contributed by atoms with E-state index in [9.17, 15) is 18.0 Å². The summed E-state index contributed by atoms with van der Waals surface area (Å²) in [6.07, 6.45) is -4.79. The van der Waals surface area contributed by atoms with E-state index >= 15 is 0 Å². The standard InChI is InChI=1S/C9H8F3NO2/c1-5(14)6-2-3-8(7(13)4-6)15-9(10,11)12/h2-4H,13H2,1H3. The first-order chi connectivity index (χ1) is 6.79. The summed E-state index contributed by atoms with van der Waals surface area (Å²) in [6.45, 7) is 1.29. The Morgan fingerprint density at radius 1 is 1.40 bits per heavy atom. The van der Waals surface area contributed by atoms with Crippen molar-refractivity contribution in [1.82, 2.24) is 0 Å². The van der Waals surface area contributed by atoms with Crippen molar-refractivity contribution in [3.8, 4) is 5.75 Å². The fourth-order valence-corrected chi connectivity index (χ4v) is 0.985. The van der Waals surface area contributed by atoms with Gasteiger partial charge >= 0.3 is 6.36 Å². The maximum Gasteiger partial charge on any atom is 0.573 e. The largest absolute Gasteiger partial charge is 0.573 e. The van der Waals surface area contributed by atoms with Crippen LogP contribution < -0.4 is 10.5 Å². The van der Waals surface area contributed by atoms with Gasteiger partial charge in [0.1, 0.15) is 0 Å². The zero-order chi connectivity index (χ0) is 11.6. The number of halogens is 3. The molecule has 1 rings (SSSR count). The Kier molecular flexibility index (Phi) is 2.88. The van der Waals surface area contributed by atoms with E-state index in [4.69, 9.17) is 5.73 Å². The minimum Gasteiger partial charge on any atom is -0.404 e. The lowest BCUT2D eigenvalue weighted by Gasteiger charge is -2.11. The molecule has 0 atom stereocenters. The van der Waals surface area contributed by atoms with Gasteiger partial charge in [0, 0.05) is 5.56 Å². The first-order valence-corrected chi connectivity index (χ1v) is 3.96. The van der Waals surface area contributed by atoms with Crippen LogP contribution in [0.4, 0.5) is 18.9 Å². The van der Waals surface area contributed by atoms with E-state index in [1.54, 1.807) is 0 Å². The third kappa shape index (κ3) is 3.16. The lowest BCUT2D eigenvalue weighted by atomic mass is 10.1. The summed E-state index contributed by atoms with van der Waals surface area (Å²) >= 11 is 0. The van der Waals surface area contributed by atoms with Crippen molar-refractivity contribution < 1.29 is 22.7 Å². The summed E-state index contributed by atoms with van der Waals surface area (Å²) < 4.78 is 39.1. The van der Waals surface area contributed by atoms with Gasteiger partial charge in [-0.2, -0.15) is 0 Å². The first-order valence-electron chi connectivity index (χ1n) is 3.96. The predicted octanol–water partition coefficient (Wildman–Crippen LogP) is 2.37. The van der Waals surface area contributed by atoms with E-state index < -0.39 is 12.1 Å². The third-order valence-electron chi connectivity index (χ3n) is 1.64. The van der Waals surface area contributed by atoms with Gasteiger partial charge < -0.3 is 10.5 Å². The normalized spacial score (nSPS) is 11.2.